The molecule has 0 aliphatic carbocycles. The first kappa shape index (κ1) is 20.4. The van der Waals surface area contributed by atoms with Gasteiger partial charge in [0.2, 0.25) is 0 Å². The van der Waals surface area contributed by atoms with Crippen molar-refractivity contribution in [3.05, 3.63) is 53.6 Å². The lowest BCUT2D eigenvalue weighted by atomic mass is 9.98. The van der Waals surface area contributed by atoms with Crippen molar-refractivity contribution in [2.24, 2.45) is 0 Å². The quantitative estimate of drug-likeness (QED) is 0.827. The molecular formula is C19H25N5O3S. The number of aryl methyl sites for hydroxylation is 1. The Morgan fingerprint density at radius 3 is 2.61 bits per heavy atom. The summed E-state index contributed by atoms with van der Waals surface area (Å²) in [7, 11) is -0.619. The zero-order valence-electron chi connectivity index (χ0n) is 16.3. The van der Waals surface area contributed by atoms with Crippen LogP contribution in [0.4, 0.5) is 5.69 Å². The normalized spacial score (nSPS) is 18.2. The summed E-state index contributed by atoms with van der Waals surface area (Å²) in [5.74, 6) is 0.146. The lowest BCUT2D eigenvalue weighted by Gasteiger charge is -2.36. The van der Waals surface area contributed by atoms with E-state index in [1.807, 2.05) is 18.2 Å². The van der Waals surface area contributed by atoms with E-state index in [1.54, 1.807) is 19.1 Å². The number of anilines is 1. The summed E-state index contributed by atoms with van der Waals surface area (Å²) in [5, 5.41) is 2.84. The minimum absolute atomic E-state index is 0.292. The number of aromatic nitrogens is 2. The van der Waals surface area contributed by atoms with Gasteiger partial charge in [-0.2, -0.15) is 17.0 Å². The average Bonchev–Trinajstić information content (AvgIpc) is 2.68. The van der Waals surface area contributed by atoms with Gasteiger partial charge in [0.05, 0.1) is 17.3 Å². The van der Waals surface area contributed by atoms with Crippen LogP contribution >= 0.6 is 0 Å². The van der Waals surface area contributed by atoms with Crippen LogP contribution in [-0.4, -0.2) is 53.5 Å². The van der Waals surface area contributed by atoms with E-state index in [9.17, 15) is 13.2 Å². The van der Waals surface area contributed by atoms with Crippen molar-refractivity contribution in [1.29, 1.82) is 0 Å². The lowest BCUT2D eigenvalue weighted by molar-refractivity contribution is 0.102. The Labute approximate surface area is 165 Å². The first-order valence-corrected chi connectivity index (χ1v) is 10.6. The zero-order valence-corrected chi connectivity index (χ0v) is 17.1. The number of nitrogens with zero attached hydrogens (tertiary/aromatic N) is 4. The third-order valence-corrected chi connectivity index (χ3v) is 6.69. The Morgan fingerprint density at radius 2 is 1.93 bits per heavy atom. The topological polar surface area (TPSA) is 95.5 Å². The van der Waals surface area contributed by atoms with E-state index in [2.05, 4.69) is 15.3 Å². The lowest BCUT2D eigenvalue weighted by Crippen LogP contribution is -2.45. The number of piperidine rings is 1. The summed E-state index contributed by atoms with van der Waals surface area (Å²) in [6.45, 7) is 2.13. The van der Waals surface area contributed by atoms with Gasteiger partial charge < -0.3 is 5.32 Å². The van der Waals surface area contributed by atoms with Crippen LogP contribution < -0.4 is 5.32 Å². The van der Waals surface area contributed by atoms with Crippen LogP contribution in [0.2, 0.25) is 0 Å². The molecule has 1 aromatic carbocycles. The van der Waals surface area contributed by atoms with Crippen molar-refractivity contribution in [2.45, 2.75) is 32.2 Å². The second-order valence-electron chi connectivity index (χ2n) is 6.95. The number of hydrogen-bond donors (Lipinski definition) is 1. The molecule has 1 atom stereocenters. The molecule has 1 unspecified atom stereocenters. The van der Waals surface area contributed by atoms with Gasteiger partial charge >= 0.3 is 0 Å². The number of amides is 1. The van der Waals surface area contributed by atoms with Gasteiger partial charge in [-0.25, -0.2) is 9.97 Å². The number of benzene rings is 1. The van der Waals surface area contributed by atoms with Crippen molar-refractivity contribution >= 4 is 21.8 Å². The number of carbonyl (C=O) groups is 1. The molecule has 9 heteroatoms. The zero-order chi connectivity index (χ0) is 20.3. The largest absolute Gasteiger partial charge is 0.322 e. The fraction of sp³-hybridized carbons (Fsp3) is 0.421. The first-order chi connectivity index (χ1) is 13.3. The Bertz CT molecular complexity index is 947. The molecule has 2 aromatic rings. The number of nitrogens with one attached hydrogen (secondary N) is 1. The second-order valence-corrected chi connectivity index (χ2v) is 9.04. The third-order valence-electron chi connectivity index (χ3n) is 4.74. The summed E-state index contributed by atoms with van der Waals surface area (Å²) in [4.78, 5) is 21.6. The molecule has 0 radical (unpaired) electrons. The third kappa shape index (κ3) is 4.21. The highest BCUT2D eigenvalue weighted by Gasteiger charge is 2.37. The van der Waals surface area contributed by atoms with Gasteiger partial charge in [0.1, 0.15) is 5.82 Å². The molecule has 1 aliphatic rings. The first-order valence-electron chi connectivity index (χ1n) is 9.20. The van der Waals surface area contributed by atoms with Gasteiger partial charge in [0.25, 0.3) is 16.1 Å². The summed E-state index contributed by atoms with van der Waals surface area (Å²) in [6.07, 6.45) is 3.73. The monoisotopic (exact) mass is 403 g/mol. The molecule has 28 heavy (non-hydrogen) atoms. The van der Waals surface area contributed by atoms with Gasteiger partial charge in [-0.1, -0.05) is 24.6 Å². The SMILES string of the molecule is Cc1ncc(C(=O)Nc2ccccc2)c(C2CCCCN2S(=O)(=O)N(C)C)n1. The second kappa shape index (κ2) is 8.34. The van der Waals surface area contributed by atoms with Crippen molar-refractivity contribution in [3.63, 3.8) is 0 Å². The Morgan fingerprint density at radius 1 is 1.21 bits per heavy atom. The van der Waals surface area contributed by atoms with E-state index >= 15 is 0 Å². The molecule has 0 spiro atoms. The van der Waals surface area contributed by atoms with Crippen molar-refractivity contribution < 1.29 is 13.2 Å². The number of hydrogen-bond acceptors (Lipinski definition) is 5. The van der Waals surface area contributed by atoms with Gasteiger partial charge in [-0.05, 0) is 31.9 Å². The van der Waals surface area contributed by atoms with Gasteiger partial charge in [0.15, 0.2) is 0 Å². The van der Waals surface area contributed by atoms with Crippen molar-refractivity contribution in [1.82, 2.24) is 18.6 Å². The van der Waals surface area contributed by atoms with Gasteiger partial charge in [0, 0.05) is 32.5 Å². The molecule has 0 saturated carbocycles. The van der Waals surface area contributed by atoms with Crippen LogP contribution in [0, 0.1) is 6.92 Å². The van der Waals surface area contributed by atoms with Crippen LogP contribution in [-0.2, 0) is 10.2 Å². The van der Waals surface area contributed by atoms with Crippen LogP contribution in [0.1, 0.15) is 47.2 Å². The Balaban J connectivity index is 2.00. The van der Waals surface area contributed by atoms with Crippen LogP contribution in [0.15, 0.2) is 36.5 Å². The Kier molecular flexibility index (Phi) is 6.07. The summed E-state index contributed by atoms with van der Waals surface area (Å²) in [5.41, 5.74) is 1.40. The Hall–Kier alpha value is -2.36. The molecule has 1 amide bonds. The van der Waals surface area contributed by atoms with E-state index in [0.29, 0.717) is 35.7 Å². The highest BCUT2D eigenvalue weighted by atomic mass is 32.2. The summed E-state index contributed by atoms with van der Waals surface area (Å²) < 4.78 is 28.3. The van der Waals surface area contributed by atoms with E-state index in [0.717, 1.165) is 12.8 Å². The molecule has 2 heterocycles. The molecule has 0 bridgehead atoms. The summed E-state index contributed by atoms with van der Waals surface area (Å²) >= 11 is 0. The molecular weight excluding hydrogens is 378 g/mol. The highest BCUT2D eigenvalue weighted by Crippen LogP contribution is 2.34. The van der Waals surface area contributed by atoms with E-state index in [1.165, 1.54) is 28.9 Å². The fourth-order valence-electron chi connectivity index (χ4n) is 3.30. The molecule has 8 nitrogen and oxygen atoms in total. The smallest absolute Gasteiger partial charge is 0.282 e. The van der Waals surface area contributed by atoms with Gasteiger partial charge in [-0.15, -0.1) is 0 Å². The minimum Gasteiger partial charge on any atom is -0.322 e. The van der Waals surface area contributed by atoms with Crippen LogP contribution in [0.5, 0.6) is 0 Å². The minimum atomic E-state index is -3.64. The van der Waals surface area contributed by atoms with Crippen molar-refractivity contribution in [3.8, 4) is 0 Å². The fourth-order valence-corrected chi connectivity index (χ4v) is 4.61. The maximum absolute atomic E-state index is 12.9. The van der Waals surface area contributed by atoms with Crippen molar-refractivity contribution in [2.75, 3.05) is 26.0 Å². The van der Waals surface area contributed by atoms with E-state index in [4.69, 9.17) is 0 Å². The number of para-hydroxylation sites is 1. The molecule has 150 valence electrons. The molecule has 3 rings (SSSR count). The standard InChI is InChI=1S/C19H25N5O3S/c1-14-20-13-16(19(25)22-15-9-5-4-6-10-15)18(21-14)17-11-7-8-12-24(17)28(26,27)23(2)3/h4-6,9-10,13,17H,7-8,11-12H2,1-3H3,(H,22,25). The highest BCUT2D eigenvalue weighted by molar-refractivity contribution is 7.86. The molecule has 1 saturated heterocycles. The molecule has 1 fully saturated rings. The number of rotatable bonds is 5. The summed E-state index contributed by atoms with van der Waals surface area (Å²) in [6, 6.07) is 8.59. The molecule has 1 aromatic heterocycles. The predicted octanol–water partition coefficient (Wildman–Crippen LogP) is 2.37. The number of carbonyl (C=O) groups excluding carboxylic acids is 1. The molecule has 1 N–H and O–H groups in total. The molecule has 1 aliphatic heterocycles. The van der Waals surface area contributed by atoms with E-state index in [-0.39, 0.29) is 5.91 Å². The van der Waals surface area contributed by atoms with Gasteiger partial charge in [-0.3, -0.25) is 4.79 Å². The maximum atomic E-state index is 12.9. The maximum Gasteiger partial charge on any atom is 0.282 e. The predicted molar refractivity (Wildman–Crippen MR) is 107 cm³/mol. The van der Waals surface area contributed by atoms with Crippen LogP contribution in [0.25, 0.3) is 0 Å². The van der Waals surface area contributed by atoms with E-state index < -0.39 is 16.3 Å². The average molecular weight is 404 g/mol. The van der Waals surface area contributed by atoms with Crippen LogP contribution in [0.3, 0.4) is 0 Å².